The molecule has 0 radical (unpaired) electrons. The van der Waals surface area contributed by atoms with Crippen LogP contribution in [0.3, 0.4) is 0 Å². The number of halogens is 4. The van der Waals surface area contributed by atoms with E-state index in [1.165, 1.54) is 44.6 Å². The minimum absolute atomic E-state index is 0. The number of hydrogen-bond acceptors (Lipinski definition) is 1. The van der Waals surface area contributed by atoms with Gasteiger partial charge in [-0.2, -0.15) is 0 Å². The molecule has 0 aromatic heterocycles. The van der Waals surface area contributed by atoms with Crippen LogP contribution in [-0.4, -0.2) is 17.7 Å². The van der Waals surface area contributed by atoms with Gasteiger partial charge in [0, 0.05) is 37.8 Å². The van der Waals surface area contributed by atoms with Gasteiger partial charge in [0.1, 0.15) is 5.75 Å². The van der Waals surface area contributed by atoms with Crippen LogP contribution in [0.4, 0.5) is 13.2 Å². The van der Waals surface area contributed by atoms with Crippen molar-refractivity contribution in [3.8, 4) is 5.75 Å². The third-order valence-electron chi connectivity index (χ3n) is 6.02. The molecular formula is C20H27ClF3OPPd. The zero-order chi connectivity index (χ0) is 18.6. The van der Waals surface area contributed by atoms with Crippen LogP contribution in [0.1, 0.15) is 64.2 Å². The van der Waals surface area contributed by atoms with E-state index < -0.39 is 13.6 Å². The molecule has 2 fully saturated rings. The predicted molar refractivity (Wildman–Crippen MR) is 104 cm³/mol. The second kappa shape index (κ2) is 10.3. The fraction of sp³-hybridized carbons (Fsp3) is 0.650. The number of benzene rings is 1. The summed E-state index contributed by atoms with van der Waals surface area (Å²) in [5.41, 5.74) is 2.89. The summed E-state index contributed by atoms with van der Waals surface area (Å²) in [6.07, 6.45) is 7.17. The van der Waals surface area contributed by atoms with Crippen LogP contribution in [0.15, 0.2) is 24.3 Å². The third-order valence-corrected chi connectivity index (χ3v) is 11.9. The second-order valence-corrected chi connectivity index (χ2v) is 12.0. The van der Waals surface area contributed by atoms with E-state index in [0.717, 1.165) is 31.0 Å². The maximum absolute atomic E-state index is 12.7. The molecule has 0 saturated heterocycles. The van der Waals surface area contributed by atoms with Crippen LogP contribution in [-0.2, 0) is 20.4 Å². The van der Waals surface area contributed by atoms with Gasteiger partial charge < -0.3 is 16.3 Å². The van der Waals surface area contributed by atoms with Crippen LogP contribution in [0.2, 0.25) is 0 Å². The van der Waals surface area contributed by atoms with Crippen molar-refractivity contribution in [3.63, 3.8) is 0 Å². The van der Waals surface area contributed by atoms with Crippen molar-refractivity contribution < 1.29 is 38.3 Å². The van der Waals surface area contributed by atoms with Gasteiger partial charge in [-0.3, -0.25) is 0 Å². The Morgan fingerprint density at radius 3 is 1.89 bits per heavy atom. The van der Waals surface area contributed by atoms with E-state index in [4.69, 9.17) is 11.6 Å². The topological polar surface area (TPSA) is 9.23 Å². The molecule has 1 aromatic carbocycles. The van der Waals surface area contributed by atoms with Crippen molar-refractivity contribution in [2.75, 3.05) is 0 Å². The largest absolute Gasteiger partial charge is 0.573 e. The summed E-state index contributed by atoms with van der Waals surface area (Å²) in [7, 11) is -1.88. The first-order valence-electron chi connectivity index (χ1n) is 9.65. The quantitative estimate of drug-likeness (QED) is 0.229. The van der Waals surface area contributed by atoms with Crippen molar-refractivity contribution >= 4 is 24.2 Å². The van der Waals surface area contributed by atoms with E-state index >= 15 is 0 Å². The Morgan fingerprint density at radius 1 is 0.926 bits per heavy atom. The Balaban J connectivity index is 0.00000261. The Bertz CT molecular complexity index is 569. The SMILES string of the molecule is FC(F)(F)Oc1cccc([P+]([CH-]Cl)(C2CCCCC2)C2CCCCC2)c1.[Pd]. The van der Waals surface area contributed by atoms with Crippen molar-refractivity contribution in [1.29, 1.82) is 0 Å². The summed E-state index contributed by atoms with van der Waals surface area (Å²) in [6, 6.07) is 6.68. The molecule has 1 nitrogen and oxygen atoms in total. The Labute approximate surface area is 179 Å². The molecule has 0 atom stereocenters. The van der Waals surface area contributed by atoms with Crippen molar-refractivity contribution in [3.05, 3.63) is 29.9 Å². The Morgan fingerprint density at radius 2 is 1.44 bits per heavy atom. The average Bonchev–Trinajstić information content (AvgIpc) is 2.64. The van der Waals surface area contributed by atoms with Crippen LogP contribution in [0.5, 0.6) is 5.75 Å². The number of ether oxygens (including phenoxy) is 1. The molecule has 2 aliphatic carbocycles. The molecule has 0 bridgehead atoms. The van der Waals surface area contributed by atoms with Gasteiger partial charge in [0.15, 0.2) is 0 Å². The fourth-order valence-electron chi connectivity index (χ4n) is 4.87. The molecule has 0 spiro atoms. The molecule has 3 rings (SSSR count). The standard InChI is InChI=1S/C20H27ClF3OP.Pd/c21-15-26(17-9-3-1-4-10-17,18-11-5-2-6-12-18)19-13-7-8-16(14-19)25-20(22,23)24;/h7-8,13-15,17-18H,1-6,9-12H2;. The van der Waals surface area contributed by atoms with Gasteiger partial charge in [-0.15, -0.1) is 13.2 Å². The van der Waals surface area contributed by atoms with Crippen LogP contribution >= 0.6 is 18.9 Å². The van der Waals surface area contributed by atoms with Crippen LogP contribution in [0, 0.1) is 5.62 Å². The second-order valence-electron chi connectivity index (χ2n) is 7.56. The van der Waals surface area contributed by atoms with Gasteiger partial charge in [0.25, 0.3) is 0 Å². The minimum atomic E-state index is -4.67. The molecule has 2 saturated carbocycles. The zero-order valence-electron chi connectivity index (χ0n) is 15.3. The number of alkyl halides is 3. The molecule has 27 heavy (non-hydrogen) atoms. The van der Waals surface area contributed by atoms with Gasteiger partial charge >= 0.3 is 6.36 Å². The van der Waals surface area contributed by atoms with Crippen LogP contribution in [0.25, 0.3) is 0 Å². The summed E-state index contributed by atoms with van der Waals surface area (Å²) in [5.74, 6) is -0.121. The summed E-state index contributed by atoms with van der Waals surface area (Å²) in [6.45, 7) is 0. The Kier molecular flexibility index (Phi) is 8.95. The molecule has 0 N–H and O–H groups in total. The molecule has 7 heteroatoms. The molecule has 0 amide bonds. The van der Waals surface area contributed by atoms with Gasteiger partial charge in [-0.25, -0.2) is 0 Å². The van der Waals surface area contributed by atoms with E-state index in [-0.39, 0.29) is 26.2 Å². The molecule has 1 aromatic rings. The molecule has 0 unspecified atom stereocenters. The monoisotopic (exact) mass is 512 g/mol. The van der Waals surface area contributed by atoms with E-state index in [9.17, 15) is 13.2 Å². The third kappa shape index (κ3) is 5.63. The first kappa shape index (κ1) is 23.5. The molecular weight excluding hydrogens is 486 g/mol. The van der Waals surface area contributed by atoms with Crippen molar-refractivity contribution in [2.45, 2.75) is 81.9 Å². The summed E-state index contributed by atoms with van der Waals surface area (Å²) >= 11 is 6.57. The normalized spacial score (nSPS) is 20.1. The average molecular weight is 513 g/mol. The maximum atomic E-state index is 12.7. The number of rotatable bonds is 5. The first-order chi connectivity index (χ1) is 12.5. The summed E-state index contributed by atoms with van der Waals surface area (Å²) < 4.78 is 42.4. The molecule has 156 valence electrons. The van der Waals surface area contributed by atoms with E-state index in [2.05, 4.69) is 4.74 Å². The van der Waals surface area contributed by atoms with Gasteiger partial charge in [0.05, 0.1) is 5.30 Å². The smallest absolute Gasteiger partial charge is 0.406 e. The summed E-state index contributed by atoms with van der Waals surface area (Å²) in [4.78, 5) is 0. The van der Waals surface area contributed by atoms with Gasteiger partial charge in [-0.1, -0.05) is 31.8 Å². The fourth-order valence-corrected chi connectivity index (χ4v) is 11.2. The minimum Gasteiger partial charge on any atom is -0.406 e. The molecule has 0 heterocycles. The van der Waals surface area contributed by atoms with Crippen molar-refractivity contribution in [1.82, 2.24) is 0 Å². The summed E-state index contributed by atoms with van der Waals surface area (Å²) in [5, 5.41) is 0.994. The van der Waals surface area contributed by atoms with E-state index in [1.807, 2.05) is 11.7 Å². The van der Waals surface area contributed by atoms with Crippen LogP contribution < -0.4 is 10.0 Å². The van der Waals surface area contributed by atoms with Crippen molar-refractivity contribution in [2.24, 2.45) is 0 Å². The predicted octanol–water partition coefficient (Wildman–Crippen LogP) is 7.25. The Hall–Kier alpha value is 0.192. The molecule has 0 aliphatic heterocycles. The number of hydrogen-bond donors (Lipinski definition) is 0. The maximum Gasteiger partial charge on any atom is 0.573 e. The molecule has 2 aliphatic rings. The van der Waals surface area contributed by atoms with E-state index in [1.54, 1.807) is 12.1 Å². The first-order valence-corrected chi connectivity index (χ1v) is 12.1. The zero-order valence-corrected chi connectivity index (χ0v) is 18.5. The van der Waals surface area contributed by atoms with E-state index in [0.29, 0.717) is 11.3 Å². The van der Waals surface area contributed by atoms with Gasteiger partial charge in [-0.05, 0) is 63.5 Å². The van der Waals surface area contributed by atoms with Gasteiger partial charge in [0.2, 0.25) is 0 Å².